The summed E-state index contributed by atoms with van der Waals surface area (Å²) in [5.74, 6) is -5.12. The third-order valence-corrected chi connectivity index (χ3v) is 2.08. The molecule has 0 fully saturated rings. The highest BCUT2D eigenvalue weighted by Crippen LogP contribution is 2.19. The van der Waals surface area contributed by atoms with Crippen molar-refractivity contribution in [3.05, 3.63) is 41.2 Å². The number of aryl methyl sites for hydroxylation is 1. The molecule has 1 aromatic carbocycles. The van der Waals surface area contributed by atoms with Gasteiger partial charge in [0.25, 0.3) is 5.91 Å². The number of anilines is 1. The molecule has 0 atom stereocenters. The zero-order chi connectivity index (χ0) is 13.3. The molecule has 0 radical (unpaired) electrons. The third kappa shape index (κ3) is 2.17. The summed E-state index contributed by atoms with van der Waals surface area (Å²) in [4.78, 5) is 15.2. The summed E-state index contributed by atoms with van der Waals surface area (Å²) >= 11 is 0. The zero-order valence-electron chi connectivity index (χ0n) is 9.09. The Bertz CT molecular complexity index is 611. The van der Waals surface area contributed by atoms with Gasteiger partial charge in [-0.1, -0.05) is 0 Å². The molecule has 18 heavy (non-hydrogen) atoms. The number of nitrogens with zero attached hydrogens (tertiary/aromatic N) is 2. The van der Waals surface area contributed by atoms with Gasteiger partial charge in [0.2, 0.25) is 5.82 Å². The summed E-state index contributed by atoms with van der Waals surface area (Å²) in [5, 5.41) is 8.01. The molecule has 0 saturated carbocycles. The van der Waals surface area contributed by atoms with Gasteiger partial charge in [0, 0.05) is 0 Å². The quantitative estimate of drug-likeness (QED) is 0.804. The van der Waals surface area contributed by atoms with Crippen molar-refractivity contribution in [1.29, 1.82) is 0 Å². The maximum atomic E-state index is 13.3. The molecule has 1 aromatic heterocycles. The van der Waals surface area contributed by atoms with Crippen LogP contribution in [0.1, 0.15) is 16.4 Å². The molecule has 0 aliphatic rings. The molecule has 0 unspecified atom stereocenters. The largest absolute Gasteiger partial charge is 0.317 e. The van der Waals surface area contributed by atoms with Gasteiger partial charge in [-0.15, -0.1) is 5.10 Å². The van der Waals surface area contributed by atoms with Gasteiger partial charge in [0.05, 0.1) is 5.69 Å². The highest BCUT2D eigenvalue weighted by atomic mass is 19.2. The first kappa shape index (κ1) is 12.1. The lowest BCUT2D eigenvalue weighted by atomic mass is 10.2. The van der Waals surface area contributed by atoms with Crippen molar-refractivity contribution in [2.45, 2.75) is 6.92 Å². The highest BCUT2D eigenvalue weighted by molar-refractivity contribution is 6.01. The standard InChI is InChI=1S/C10H7F3N4O/c1-4-14-9(17-16-4)10(18)15-6-3-2-5(11)7(12)8(6)13/h2-3H,1H3,(H,15,18)(H,14,16,17). The number of carbonyl (C=O) groups excluding carboxylic acids is 1. The summed E-state index contributed by atoms with van der Waals surface area (Å²) in [7, 11) is 0. The fraction of sp³-hybridized carbons (Fsp3) is 0.100. The molecule has 2 rings (SSSR count). The zero-order valence-corrected chi connectivity index (χ0v) is 9.09. The molecule has 0 aliphatic heterocycles. The summed E-state index contributed by atoms with van der Waals surface area (Å²) in [6.45, 7) is 1.57. The van der Waals surface area contributed by atoms with E-state index in [-0.39, 0.29) is 5.82 Å². The number of nitrogens with one attached hydrogen (secondary N) is 2. The molecule has 2 aromatic rings. The van der Waals surface area contributed by atoms with Gasteiger partial charge in [-0.2, -0.15) is 0 Å². The van der Waals surface area contributed by atoms with Gasteiger partial charge in [0.15, 0.2) is 17.5 Å². The van der Waals surface area contributed by atoms with Crippen LogP contribution in [-0.4, -0.2) is 21.1 Å². The van der Waals surface area contributed by atoms with Gasteiger partial charge in [-0.25, -0.2) is 18.2 Å². The van der Waals surface area contributed by atoms with Crippen molar-refractivity contribution in [3.8, 4) is 0 Å². The molecule has 94 valence electrons. The number of amides is 1. The van der Waals surface area contributed by atoms with Crippen LogP contribution in [0.2, 0.25) is 0 Å². The van der Waals surface area contributed by atoms with Crippen LogP contribution in [0.15, 0.2) is 12.1 Å². The Kier molecular flexibility index (Phi) is 3.00. The van der Waals surface area contributed by atoms with E-state index in [4.69, 9.17) is 0 Å². The first-order chi connectivity index (χ1) is 8.49. The van der Waals surface area contributed by atoms with Crippen LogP contribution in [0.4, 0.5) is 18.9 Å². The maximum absolute atomic E-state index is 13.3. The van der Waals surface area contributed by atoms with E-state index < -0.39 is 29.0 Å². The fourth-order valence-electron chi connectivity index (χ4n) is 1.24. The fourth-order valence-corrected chi connectivity index (χ4v) is 1.24. The molecule has 5 nitrogen and oxygen atoms in total. The lowest BCUT2D eigenvalue weighted by Crippen LogP contribution is -2.15. The number of halogens is 3. The van der Waals surface area contributed by atoms with Gasteiger partial charge in [-0.05, 0) is 19.1 Å². The number of hydrogen-bond acceptors (Lipinski definition) is 3. The molecule has 0 saturated heterocycles. The molecular formula is C10H7F3N4O. The van der Waals surface area contributed by atoms with Crippen molar-refractivity contribution in [2.75, 3.05) is 5.32 Å². The Morgan fingerprint density at radius 1 is 1.28 bits per heavy atom. The van der Waals surface area contributed by atoms with Crippen LogP contribution in [0.25, 0.3) is 0 Å². The molecular weight excluding hydrogens is 249 g/mol. The van der Waals surface area contributed by atoms with Crippen molar-refractivity contribution < 1.29 is 18.0 Å². The number of aromatic amines is 1. The SMILES string of the molecule is Cc1nc(C(=O)Nc2ccc(F)c(F)c2F)n[nH]1. The number of hydrogen-bond donors (Lipinski definition) is 2. The Balaban J connectivity index is 2.25. The molecule has 0 aliphatic carbocycles. The van der Waals surface area contributed by atoms with E-state index >= 15 is 0 Å². The van der Waals surface area contributed by atoms with Crippen molar-refractivity contribution in [2.24, 2.45) is 0 Å². The topological polar surface area (TPSA) is 70.7 Å². The van der Waals surface area contributed by atoms with Gasteiger partial charge < -0.3 is 5.32 Å². The van der Waals surface area contributed by atoms with Crippen LogP contribution in [0.3, 0.4) is 0 Å². The molecule has 2 N–H and O–H groups in total. The number of H-pyrrole nitrogens is 1. The van der Waals surface area contributed by atoms with Crippen molar-refractivity contribution in [3.63, 3.8) is 0 Å². The Labute approximate surface area is 99.0 Å². The van der Waals surface area contributed by atoms with Gasteiger partial charge in [0.1, 0.15) is 5.82 Å². The van der Waals surface area contributed by atoms with E-state index in [1.54, 1.807) is 6.92 Å². The second-order valence-electron chi connectivity index (χ2n) is 3.42. The molecule has 8 heteroatoms. The predicted octanol–water partition coefficient (Wildman–Crippen LogP) is 1.78. The van der Waals surface area contributed by atoms with Crippen molar-refractivity contribution >= 4 is 11.6 Å². The summed E-state index contributed by atoms with van der Waals surface area (Å²) < 4.78 is 38.8. The van der Waals surface area contributed by atoms with Crippen LogP contribution in [0, 0.1) is 24.4 Å². The summed E-state index contributed by atoms with van der Waals surface area (Å²) in [6, 6.07) is 1.61. The molecule has 0 bridgehead atoms. The first-order valence-electron chi connectivity index (χ1n) is 4.83. The monoisotopic (exact) mass is 256 g/mol. The average Bonchev–Trinajstić information content (AvgIpc) is 2.77. The number of aromatic nitrogens is 3. The lowest BCUT2D eigenvalue weighted by Gasteiger charge is -2.04. The maximum Gasteiger partial charge on any atom is 0.295 e. The minimum Gasteiger partial charge on any atom is -0.317 e. The van der Waals surface area contributed by atoms with E-state index in [0.29, 0.717) is 11.9 Å². The summed E-state index contributed by atoms with van der Waals surface area (Å²) in [5.41, 5.74) is -0.485. The molecule has 0 spiro atoms. The lowest BCUT2D eigenvalue weighted by molar-refractivity contribution is 0.101. The number of rotatable bonds is 2. The number of carbonyl (C=O) groups is 1. The average molecular weight is 256 g/mol. The van der Waals surface area contributed by atoms with E-state index in [1.165, 1.54) is 0 Å². The normalized spacial score (nSPS) is 10.4. The third-order valence-electron chi connectivity index (χ3n) is 2.08. The van der Waals surface area contributed by atoms with Crippen molar-refractivity contribution in [1.82, 2.24) is 15.2 Å². The smallest absolute Gasteiger partial charge is 0.295 e. The highest BCUT2D eigenvalue weighted by Gasteiger charge is 2.17. The molecule has 1 amide bonds. The van der Waals surface area contributed by atoms with E-state index in [9.17, 15) is 18.0 Å². The van der Waals surface area contributed by atoms with E-state index in [2.05, 4.69) is 15.2 Å². The van der Waals surface area contributed by atoms with Crippen LogP contribution < -0.4 is 5.32 Å². The molecule has 1 heterocycles. The second-order valence-corrected chi connectivity index (χ2v) is 3.42. The predicted molar refractivity (Wildman–Crippen MR) is 55.4 cm³/mol. The summed E-state index contributed by atoms with van der Waals surface area (Å²) in [6.07, 6.45) is 0. The Morgan fingerprint density at radius 2 is 2.00 bits per heavy atom. The van der Waals surface area contributed by atoms with Crippen LogP contribution in [-0.2, 0) is 0 Å². The van der Waals surface area contributed by atoms with Crippen LogP contribution in [0.5, 0.6) is 0 Å². The van der Waals surface area contributed by atoms with E-state index in [1.807, 2.05) is 5.32 Å². The van der Waals surface area contributed by atoms with Gasteiger partial charge >= 0.3 is 0 Å². The number of benzene rings is 1. The minimum absolute atomic E-state index is 0.225. The first-order valence-corrected chi connectivity index (χ1v) is 4.83. The Hall–Kier alpha value is -2.38. The second kappa shape index (κ2) is 4.47. The van der Waals surface area contributed by atoms with Gasteiger partial charge in [-0.3, -0.25) is 9.89 Å². The van der Waals surface area contributed by atoms with E-state index in [0.717, 1.165) is 6.07 Å². The van der Waals surface area contributed by atoms with Crippen LogP contribution >= 0.6 is 0 Å². The Morgan fingerprint density at radius 3 is 2.61 bits per heavy atom. The minimum atomic E-state index is -1.65.